The fourth-order valence-corrected chi connectivity index (χ4v) is 3.00. The van der Waals surface area contributed by atoms with Gasteiger partial charge in [-0.1, -0.05) is 12.1 Å². The fraction of sp³-hybridized carbons (Fsp3) is 0.500. The van der Waals surface area contributed by atoms with Gasteiger partial charge in [0.1, 0.15) is 6.04 Å². The first-order chi connectivity index (χ1) is 12.6. The number of nitrogens with one attached hydrogen (secondary N) is 1. The van der Waals surface area contributed by atoms with E-state index in [1.165, 1.54) is 0 Å². The SMILES string of the molecule is CCc1noc([C@H](C)NC(=O)C2CCN(C(=O)c3ccncc3)CC2)n1. The van der Waals surface area contributed by atoms with Crippen LogP contribution in [0.1, 0.15) is 54.8 Å². The molecule has 1 aliphatic rings. The third-order valence-electron chi connectivity index (χ3n) is 4.61. The molecule has 1 N–H and O–H groups in total. The zero-order valence-corrected chi connectivity index (χ0v) is 15.0. The molecule has 3 heterocycles. The zero-order valence-electron chi connectivity index (χ0n) is 15.0. The second-order valence-electron chi connectivity index (χ2n) is 6.44. The van der Waals surface area contributed by atoms with Crippen molar-refractivity contribution in [1.82, 2.24) is 25.3 Å². The molecule has 2 amide bonds. The minimum Gasteiger partial charge on any atom is -0.344 e. The van der Waals surface area contributed by atoms with E-state index in [1.54, 1.807) is 29.4 Å². The maximum absolute atomic E-state index is 12.5. The van der Waals surface area contributed by atoms with Gasteiger partial charge in [-0.25, -0.2) is 0 Å². The van der Waals surface area contributed by atoms with Crippen molar-refractivity contribution in [2.45, 2.75) is 39.2 Å². The minimum atomic E-state index is -0.327. The first-order valence-electron chi connectivity index (χ1n) is 8.90. The quantitative estimate of drug-likeness (QED) is 0.875. The van der Waals surface area contributed by atoms with Crippen molar-refractivity contribution in [3.63, 3.8) is 0 Å². The van der Waals surface area contributed by atoms with Crippen LogP contribution in [0, 0.1) is 5.92 Å². The summed E-state index contributed by atoms with van der Waals surface area (Å²) in [7, 11) is 0. The van der Waals surface area contributed by atoms with Crippen molar-refractivity contribution >= 4 is 11.8 Å². The molecule has 1 atom stereocenters. The number of nitrogens with zero attached hydrogens (tertiary/aromatic N) is 4. The lowest BCUT2D eigenvalue weighted by Gasteiger charge is -2.31. The Kier molecular flexibility index (Phi) is 5.60. The average Bonchev–Trinajstić information content (AvgIpc) is 3.17. The molecule has 0 unspecified atom stereocenters. The monoisotopic (exact) mass is 357 g/mol. The molecule has 2 aromatic rings. The molecule has 0 spiro atoms. The third-order valence-corrected chi connectivity index (χ3v) is 4.61. The van der Waals surface area contributed by atoms with Crippen molar-refractivity contribution in [1.29, 1.82) is 0 Å². The highest BCUT2D eigenvalue weighted by Gasteiger charge is 2.29. The summed E-state index contributed by atoms with van der Waals surface area (Å²) in [5.41, 5.74) is 0.625. The van der Waals surface area contributed by atoms with Crippen LogP contribution < -0.4 is 5.32 Å². The lowest BCUT2D eigenvalue weighted by Crippen LogP contribution is -2.43. The number of piperidine rings is 1. The standard InChI is InChI=1S/C18H23N5O3/c1-3-15-21-17(26-22-15)12(2)20-16(24)13-6-10-23(11-7-13)18(25)14-4-8-19-9-5-14/h4-5,8-9,12-13H,3,6-7,10-11H2,1-2H3,(H,20,24)/t12-/m0/s1. The maximum atomic E-state index is 12.5. The van der Waals surface area contributed by atoms with Gasteiger partial charge in [-0.3, -0.25) is 14.6 Å². The summed E-state index contributed by atoms with van der Waals surface area (Å²) in [5, 5.41) is 6.78. The molecule has 2 aromatic heterocycles. The molecule has 0 aromatic carbocycles. The summed E-state index contributed by atoms with van der Waals surface area (Å²) in [4.78, 5) is 34.9. The number of likely N-dealkylation sites (tertiary alicyclic amines) is 1. The van der Waals surface area contributed by atoms with Crippen molar-refractivity contribution in [2.24, 2.45) is 5.92 Å². The largest absolute Gasteiger partial charge is 0.344 e. The molecule has 8 nitrogen and oxygen atoms in total. The van der Waals surface area contributed by atoms with Crippen LogP contribution in [0.4, 0.5) is 0 Å². The van der Waals surface area contributed by atoms with E-state index >= 15 is 0 Å². The van der Waals surface area contributed by atoms with E-state index in [0.29, 0.717) is 49.6 Å². The van der Waals surface area contributed by atoms with Gasteiger partial charge in [0.25, 0.3) is 5.91 Å². The van der Waals surface area contributed by atoms with Crippen LogP contribution in [0.2, 0.25) is 0 Å². The van der Waals surface area contributed by atoms with Gasteiger partial charge in [0.05, 0.1) is 0 Å². The number of hydrogen-bond acceptors (Lipinski definition) is 6. The Labute approximate surface area is 152 Å². The van der Waals surface area contributed by atoms with Gasteiger partial charge < -0.3 is 14.7 Å². The molecular formula is C18H23N5O3. The van der Waals surface area contributed by atoms with E-state index in [1.807, 2.05) is 13.8 Å². The first kappa shape index (κ1) is 18.0. The molecule has 138 valence electrons. The molecule has 26 heavy (non-hydrogen) atoms. The maximum Gasteiger partial charge on any atom is 0.253 e. The summed E-state index contributed by atoms with van der Waals surface area (Å²) in [6, 6.07) is 3.09. The summed E-state index contributed by atoms with van der Waals surface area (Å²) >= 11 is 0. The van der Waals surface area contributed by atoms with E-state index in [9.17, 15) is 9.59 Å². The Morgan fingerprint density at radius 3 is 2.62 bits per heavy atom. The highest BCUT2D eigenvalue weighted by Crippen LogP contribution is 2.20. The molecule has 0 saturated carbocycles. The van der Waals surface area contributed by atoms with E-state index in [0.717, 1.165) is 0 Å². The second-order valence-corrected chi connectivity index (χ2v) is 6.44. The Morgan fingerprint density at radius 1 is 1.31 bits per heavy atom. The zero-order chi connectivity index (χ0) is 18.5. The highest BCUT2D eigenvalue weighted by atomic mass is 16.5. The van der Waals surface area contributed by atoms with Gasteiger partial charge in [-0.15, -0.1) is 0 Å². The fourth-order valence-electron chi connectivity index (χ4n) is 3.00. The summed E-state index contributed by atoms with van der Waals surface area (Å²) in [5.74, 6) is 0.874. The predicted molar refractivity (Wildman–Crippen MR) is 93.1 cm³/mol. The molecule has 1 aliphatic heterocycles. The van der Waals surface area contributed by atoms with Gasteiger partial charge in [-0.2, -0.15) is 4.98 Å². The van der Waals surface area contributed by atoms with E-state index < -0.39 is 0 Å². The number of rotatable bonds is 5. The van der Waals surface area contributed by atoms with Gasteiger partial charge >= 0.3 is 0 Å². The number of aryl methyl sites for hydroxylation is 1. The molecule has 0 aliphatic carbocycles. The normalized spacial score (nSPS) is 16.3. The summed E-state index contributed by atoms with van der Waals surface area (Å²) < 4.78 is 5.17. The van der Waals surface area contributed by atoms with Crippen LogP contribution >= 0.6 is 0 Å². The Balaban J connectivity index is 1.51. The number of hydrogen-bond donors (Lipinski definition) is 1. The van der Waals surface area contributed by atoms with E-state index in [-0.39, 0.29) is 23.8 Å². The van der Waals surface area contributed by atoms with Gasteiger partial charge in [0.15, 0.2) is 5.82 Å². The van der Waals surface area contributed by atoms with Crippen LogP contribution in [0.5, 0.6) is 0 Å². The van der Waals surface area contributed by atoms with Crippen molar-refractivity contribution < 1.29 is 14.1 Å². The van der Waals surface area contributed by atoms with E-state index in [2.05, 4.69) is 20.4 Å². The second kappa shape index (κ2) is 8.07. The van der Waals surface area contributed by atoms with Crippen LogP contribution in [-0.4, -0.2) is 44.9 Å². The third kappa shape index (κ3) is 4.07. The Morgan fingerprint density at radius 2 is 2.00 bits per heavy atom. The molecule has 8 heteroatoms. The average molecular weight is 357 g/mol. The molecule has 3 rings (SSSR count). The number of carbonyl (C=O) groups excluding carboxylic acids is 2. The van der Waals surface area contributed by atoms with Crippen molar-refractivity contribution in [3.05, 3.63) is 41.8 Å². The molecule has 0 radical (unpaired) electrons. The number of aromatic nitrogens is 3. The first-order valence-corrected chi connectivity index (χ1v) is 8.90. The molecule has 1 saturated heterocycles. The number of pyridine rings is 1. The minimum absolute atomic E-state index is 0.0161. The smallest absolute Gasteiger partial charge is 0.253 e. The lowest BCUT2D eigenvalue weighted by molar-refractivity contribution is -0.127. The highest BCUT2D eigenvalue weighted by molar-refractivity contribution is 5.94. The predicted octanol–water partition coefficient (Wildman–Crippen LogP) is 1.76. The van der Waals surface area contributed by atoms with Gasteiger partial charge in [-0.05, 0) is 31.9 Å². The van der Waals surface area contributed by atoms with E-state index in [4.69, 9.17) is 4.52 Å². The topological polar surface area (TPSA) is 101 Å². The van der Waals surface area contributed by atoms with Crippen molar-refractivity contribution in [2.75, 3.05) is 13.1 Å². The summed E-state index contributed by atoms with van der Waals surface area (Å²) in [6.07, 6.45) is 5.18. The van der Waals surface area contributed by atoms with Gasteiger partial charge in [0.2, 0.25) is 11.8 Å². The number of amides is 2. The van der Waals surface area contributed by atoms with Crippen LogP contribution in [0.3, 0.4) is 0 Å². The molecular weight excluding hydrogens is 334 g/mol. The van der Waals surface area contributed by atoms with Crippen LogP contribution in [0.25, 0.3) is 0 Å². The van der Waals surface area contributed by atoms with Crippen molar-refractivity contribution in [3.8, 4) is 0 Å². The molecule has 1 fully saturated rings. The lowest BCUT2D eigenvalue weighted by atomic mass is 9.95. The Bertz CT molecular complexity index is 753. The number of carbonyl (C=O) groups is 2. The molecule has 0 bridgehead atoms. The van der Waals surface area contributed by atoms with Gasteiger partial charge in [0, 0.05) is 43.4 Å². The van der Waals surface area contributed by atoms with Crippen LogP contribution in [-0.2, 0) is 11.2 Å². The Hall–Kier alpha value is -2.77. The summed E-state index contributed by atoms with van der Waals surface area (Å²) in [6.45, 7) is 4.90. The van der Waals surface area contributed by atoms with Crippen LogP contribution in [0.15, 0.2) is 29.0 Å².